The van der Waals surface area contributed by atoms with Gasteiger partial charge in [-0.3, -0.25) is 9.59 Å². The predicted octanol–water partition coefficient (Wildman–Crippen LogP) is 4.42. The summed E-state index contributed by atoms with van der Waals surface area (Å²) in [7, 11) is 3.80. The monoisotopic (exact) mass is 456 g/mol. The molecule has 2 aromatic carbocycles. The molecule has 3 rings (SSSR count). The maximum absolute atomic E-state index is 13.1. The molecule has 0 saturated carbocycles. The molecule has 1 aliphatic rings. The van der Waals surface area contributed by atoms with Crippen molar-refractivity contribution in [2.45, 2.75) is 26.3 Å². The van der Waals surface area contributed by atoms with Crippen molar-refractivity contribution in [1.29, 1.82) is 0 Å². The summed E-state index contributed by atoms with van der Waals surface area (Å²) in [6.07, 6.45) is 0.887. The number of aliphatic hydroxyl groups is 1. The number of aliphatic hydroxyl groups excluding tert-OH is 1. The molecule has 170 valence electrons. The molecule has 1 fully saturated rings. The van der Waals surface area contributed by atoms with Crippen LogP contribution in [0.3, 0.4) is 0 Å². The van der Waals surface area contributed by atoms with Gasteiger partial charge in [0.05, 0.1) is 18.2 Å². The lowest BCUT2D eigenvalue weighted by atomic mass is 9.94. The third-order valence-electron chi connectivity index (χ3n) is 5.44. The molecule has 0 spiro atoms. The summed E-state index contributed by atoms with van der Waals surface area (Å²) in [6, 6.07) is 11.6. The Kier molecular flexibility index (Phi) is 7.59. The number of carbonyl (C=O) groups excluding carboxylic acids is 2. The first-order chi connectivity index (χ1) is 15.2. The third-order valence-corrected chi connectivity index (χ3v) is 5.69. The van der Waals surface area contributed by atoms with E-state index in [1.165, 1.54) is 4.90 Å². The van der Waals surface area contributed by atoms with Gasteiger partial charge >= 0.3 is 0 Å². The number of Topliss-reactive ketones (excluding diaryl/α,β-unsaturated/α-hetero) is 1. The number of amides is 1. The molecule has 1 saturated heterocycles. The topological polar surface area (TPSA) is 70.1 Å². The maximum atomic E-state index is 13.1. The Hall–Kier alpha value is -2.83. The molecule has 0 aromatic heterocycles. The number of ether oxygens (including phenoxy) is 1. The van der Waals surface area contributed by atoms with Crippen molar-refractivity contribution in [2.75, 3.05) is 33.8 Å². The third kappa shape index (κ3) is 4.97. The van der Waals surface area contributed by atoms with Crippen molar-refractivity contribution in [3.05, 3.63) is 69.8 Å². The molecular formula is C25H29ClN2O4. The minimum atomic E-state index is -0.692. The number of benzene rings is 2. The van der Waals surface area contributed by atoms with Gasteiger partial charge in [-0.1, -0.05) is 30.7 Å². The Balaban J connectivity index is 2.10. The highest BCUT2D eigenvalue weighted by Crippen LogP contribution is 2.40. The Morgan fingerprint density at radius 1 is 1.16 bits per heavy atom. The molecule has 6 nitrogen and oxygen atoms in total. The summed E-state index contributed by atoms with van der Waals surface area (Å²) in [5, 5.41) is 11.8. The van der Waals surface area contributed by atoms with Gasteiger partial charge in [-0.15, -0.1) is 0 Å². The number of likely N-dealkylation sites (N-methyl/N-ethyl adjacent to an activating group) is 1. The quantitative estimate of drug-likeness (QED) is 0.361. The van der Waals surface area contributed by atoms with Crippen molar-refractivity contribution in [1.82, 2.24) is 9.80 Å². The number of rotatable bonds is 8. The number of ketones is 1. The van der Waals surface area contributed by atoms with Crippen molar-refractivity contribution in [3.8, 4) is 5.75 Å². The SMILES string of the molecule is CCCOc1ccc(C(O)=C2C(=O)C(=O)N(CCN(C)C)[C@H]2c2ccc(Cl)cc2)c(C)c1. The molecular weight excluding hydrogens is 428 g/mol. The molecule has 1 heterocycles. The van der Waals surface area contributed by atoms with Crippen molar-refractivity contribution >= 4 is 29.1 Å². The van der Waals surface area contributed by atoms with Crippen LogP contribution in [0.2, 0.25) is 5.02 Å². The predicted molar refractivity (Wildman–Crippen MR) is 126 cm³/mol. The minimum Gasteiger partial charge on any atom is -0.507 e. The zero-order chi connectivity index (χ0) is 23.4. The number of carbonyl (C=O) groups is 2. The van der Waals surface area contributed by atoms with Gasteiger partial charge in [-0.2, -0.15) is 0 Å². The van der Waals surface area contributed by atoms with Crippen LogP contribution in [0.25, 0.3) is 5.76 Å². The summed E-state index contributed by atoms with van der Waals surface area (Å²) in [4.78, 5) is 29.5. The number of nitrogens with zero attached hydrogens (tertiary/aromatic N) is 2. The first-order valence-electron chi connectivity index (χ1n) is 10.7. The van der Waals surface area contributed by atoms with Gasteiger partial charge in [0.25, 0.3) is 11.7 Å². The van der Waals surface area contributed by atoms with E-state index in [2.05, 4.69) is 0 Å². The van der Waals surface area contributed by atoms with Crippen LogP contribution in [0, 0.1) is 6.92 Å². The lowest BCUT2D eigenvalue weighted by Gasteiger charge is -2.26. The van der Waals surface area contributed by atoms with E-state index in [0.717, 1.165) is 17.5 Å². The second-order valence-corrected chi connectivity index (χ2v) is 8.61. The summed E-state index contributed by atoms with van der Waals surface area (Å²) in [5.74, 6) is -0.794. The zero-order valence-electron chi connectivity index (χ0n) is 18.9. The van der Waals surface area contributed by atoms with Gasteiger partial charge in [0.1, 0.15) is 11.5 Å². The van der Waals surface area contributed by atoms with Crippen LogP contribution < -0.4 is 4.74 Å². The highest BCUT2D eigenvalue weighted by atomic mass is 35.5. The first kappa shape index (κ1) is 23.8. The minimum absolute atomic E-state index is 0.0846. The molecule has 2 aromatic rings. The van der Waals surface area contributed by atoms with E-state index in [4.69, 9.17) is 16.3 Å². The van der Waals surface area contributed by atoms with Crippen LogP contribution in [0.15, 0.2) is 48.0 Å². The average Bonchev–Trinajstić information content (AvgIpc) is 3.01. The lowest BCUT2D eigenvalue weighted by molar-refractivity contribution is -0.140. The smallest absolute Gasteiger partial charge is 0.295 e. The zero-order valence-corrected chi connectivity index (χ0v) is 19.6. The summed E-state index contributed by atoms with van der Waals surface area (Å²) in [5.41, 5.74) is 2.06. The molecule has 1 atom stereocenters. The normalized spacial score (nSPS) is 17.9. The van der Waals surface area contributed by atoms with Crippen LogP contribution in [0.4, 0.5) is 0 Å². The standard InChI is InChI=1S/C25H29ClN2O4/c1-5-14-32-19-10-11-20(16(2)15-19)23(29)21-22(17-6-8-18(26)9-7-17)28(13-12-27(3)4)25(31)24(21)30/h6-11,15,22,29H,5,12-14H2,1-4H3/t22-/m0/s1. The lowest BCUT2D eigenvalue weighted by Crippen LogP contribution is -2.35. The van der Waals surface area contributed by atoms with Crippen LogP contribution in [0.5, 0.6) is 5.75 Å². The number of aryl methyl sites for hydroxylation is 1. The largest absolute Gasteiger partial charge is 0.507 e. The van der Waals surface area contributed by atoms with Gasteiger partial charge < -0.3 is 19.6 Å². The van der Waals surface area contributed by atoms with Crippen LogP contribution in [-0.4, -0.2) is 60.4 Å². The molecule has 1 N–H and O–H groups in total. The van der Waals surface area contributed by atoms with Crippen LogP contribution in [0.1, 0.15) is 36.1 Å². The van der Waals surface area contributed by atoms with Gasteiger partial charge in [0, 0.05) is 23.7 Å². The molecule has 0 aliphatic carbocycles. The number of hydrogen-bond donors (Lipinski definition) is 1. The van der Waals surface area contributed by atoms with Crippen molar-refractivity contribution < 1.29 is 19.4 Å². The summed E-state index contributed by atoms with van der Waals surface area (Å²) in [6.45, 7) is 5.40. The molecule has 32 heavy (non-hydrogen) atoms. The highest BCUT2D eigenvalue weighted by Gasteiger charge is 2.46. The van der Waals surface area contributed by atoms with Crippen LogP contribution >= 0.6 is 11.6 Å². The Morgan fingerprint density at radius 2 is 1.84 bits per heavy atom. The fourth-order valence-corrected chi connectivity index (χ4v) is 3.89. The second-order valence-electron chi connectivity index (χ2n) is 8.17. The molecule has 1 aliphatic heterocycles. The van der Waals surface area contributed by atoms with Crippen molar-refractivity contribution in [3.63, 3.8) is 0 Å². The second kappa shape index (κ2) is 10.2. The molecule has 7 heteroatoms. The Morgan fingerprint density at radius 3 is 2.44 bits per heavy atom. The summed E-state index contributed by atoms with van der Waals surface area (Å²) < 4.78 is 5.66. The van der Waals surface area contributed by atoms with Gasteiger partial charge in [-0.25, -0.2) is 0 Å². The molecule has 0 bridgehead atoms. The van der Waals surface area contributed by atoms with E-state index >= 15 is 0 Å². The first-order valence-corrected chi connectivity index (χ1v) is 11.0. The molecule has 1 amide bonds. The average molecular weight is 457 g/mol. The van der Waals surface area contributed by atoms with Gasteiger partial charge in [0.15, 0.2) is 0 Å². The van der Waals surface area contributed by atoms with E-state index < -0.39 is 17.7 Å². The fourth-order valence-electron chi connectivity index (χ4n) is 3.77. The Bertz CT molecular complexity index is 1030. The van der Waals surface area contributed by atoms with E-state index in [1.54, 1.807) is 36.4 Å². The van der Waals surface area contributed by atoms with E-state index in [9.17, 15) is 14.7 Å². The number of likely N-dealkylation sites (tertiary alicyclic amines) is 1. The van der Waals surface area contributed by atoms with Crippen molar-refractivity contribution in [2.24, 2.45) is 0 Å². The highest BCUT2D eigenvalue weighted by molar-refractivity contribution is 6.46. The molecule has 0 unspecified atom stereocenters. The summed E-state index contributed by atoms with van der Waals surface area (Å²) >= 11 is 6.05. The Labute approximate surface area is 194 Å². The van der Waals surface area contributed by atoms with E-state index in [0.29, 0.717) is 36.0 Å². The maximum Gasteiger partial charge on any atom is 0.295 e. The van der Waals surface area contributed by atoms with Gasteiger partial charge in [0.2, 0.25) is 0 Å². The molecule has 0 radical (unpaired) electrons. The number of halogens is 1. The number of hydrogen-bond acceptors (Lipinski definition) is 5. The van der Waals surface area contributed by atoms with Gasteiger partial charge in [-0.05, 0) is 68.9 Å². The van der Waals surface area contributed by atoms with Crippen LogP contribution in [-0.2, 0) is 9.59 Å². The fraction of sp³-hybridized carbons (Fsp3) is 0.360. The van der Waals surface area contributed by atoms with E-state index in [-0.39, 0.29) is 11.3 Å². The van der Waals surface area contributed by atoms with E-state index in [1.807, 2.05) is 38.9 Å².